The molecule has 3 nitrogen and oxygen atoms in total. The summed E-state index contributed by atoms with van der Waals surface area (Å²) in [6.07, 6.45) is 3.09. The van der Waals surface area contributed by atoms with Gasteiger partial charge in [0.2, 0.25) is 0 Å². The molecule has 1 aromatic rings. The number of nitrogens with two attached hydrogens (primary N) is 1. The molecule has 0 aliphatic carbocycles. The molecular weight excluding hydrogens is 234 g/mol. The van der Waals surface area contributed by atoms with E-state index < -0.39 is 0 Å². The zero-order valence-electron chi connectivity index (χ0n) is 10.6. The lowest BCUT2D eigenvalue weighted by Crippen LogP contribution is -2.45. The van der Waals surface area contributed by atoms with E-state index in [4.69, 9.17) is 5.73 Å². The van der Waals surface area contributed by atoms with E-state index in [0.29, 0.717) is 12.0 Å². The molecule has 0 saturated carbocycles. The standard InChI is InChI=1S/C13H21N3.ClH/c1-10-8-16(6-5-13(10)14)9-12-4-3-11(2)15-7-12;/h3-4,7,10,13H,5-6,8-9,14H2,1-2H3;1H. The van der Waals surface area contributed by atoms with Crippen LogP contribution < -0.4 is 5.73 Å². The second kappa shape index (κ2) is 6.34. The Morgan fingerprint density at radius 2 is 2.24 bits per heavy atom. The molecule has 0 amide bonds. The molecule has 2 unspecified atom stereocenters. The van der Waals surface area contributed by atoms with Gasteiger partial charge in [0.25, 0.3) is 0 Å². The number of pyridine rings is 1. The van der Waals surface area contributed by atoms with Crippen molar-refractivity contribution in [3.63, 3.8) is 0 Å². The van der Waals surface area contributed by atoms with Gasteiger partial charge in [-0.2, -0.15) is 0 Å². The molecule has 2 atom stereocenters. The molecule has 1 fully saturated rings. The van der Waals surface area contributed by atoms with E-state index in [9.17, 15) is 0 Å². The fraction of sp³-hybridized carbons (Fsp3) is 0.615. The molecule has 0 aromatic carbocycles. The second-order valence-corrected chi connectivity index (χ2v) is 4.97. The molecule has 17 heavy (non-hydrogen) atoms. The van der Waals surface area contributed by atoms with Gasteiger partial charge in [-0.3, -0.25) is 9.88 Å². The molecule has 2 heterocycles. The summed E-state index contributed by atoms with van der Waals surface area (Å²) >= 11 is 0. The minimum absolute atomic E-state index is 0. The smallest absolute Gasteiger partial charge is 0.0372 e. The van der Waals surface area contributed by atoms with Crippen LogP contribution in [0.5, 0.6) is 0 Å². The number of piperidine rings is 1. The van der Waals surface area contributed by atoms with Crippen molar-refractivity contribution >= 4 is 12.4 Å². The van der Waals surface area contributed by atoms with Crippen LogP contribution in [-0.4, -0.2) is 29.0 Å². The Morgan fingerprint density at radius 1 is 1.47 bits per heavy atom. The van der Waals surface area contributed by atoms with Gasteiger partial charge in [-0.25, -0.2) is 0 Å². The van der Waals surface area contributed by atoms with Crippen LogP contribution in [0, 0.1) is 12.8 Å². The highest BCUT2D eigenvalue weighted by Gasteiger charge is 2.22. The quantitative estimate of drug-likeness (QED) is 0.879. The summed E-state index contributed by atoms with van der Waals surface area (Å²) < 4.78 is 0. The molecule has 0 spiro atoms. The maximum Gasteiger partial charge on any atom is 0.0372 e. The highest BCUT2D eigenvalue weighted by Crippen LogP contribution is 2.17. The number of aromatic nitrogens is 1. The number of likely N-dealkylation sites (tertiary alicyclic amines) is 1. The Labute approximate surface area is 110 Å². The Bertz CT molecular complexity index is 339. The predicted octanol–water partition coefficient (Wildman–Crippen LogP) is 1.98. The summed E-state index contributed by atoms with van der Waals surface area (Å²) in [5.41, 5.74) is 8.40. The molecule has 1 aliphatic heterocycles. The average molecular weight is 256 g/mol. The molecule has 2 rings (SSSR count). The third-order valence-electron chi connectivity index (χ3n) is 3.43. The van der Waals surface area contributed by atoms with Crippen molar-refractivity contribution in [3.8, 4) is 0 Å². The van der Waals surface area contributed by atoms with E-state index in [2.05, 4.69) is 28.9 Å². The van der Waals surface area contributed by atoms with E-state index in [0.717, 1.165) is 31.7 Å². The Kier molecular flexibility index (Phi) is 5.37. The molecule has 1 aliphatic rings. The van der Waals surface area contributed by atoms with Gasteiger partial charge in [-0.1, -0.05) is 13.0 Å². The van der Waals surface area contributed by atoms with E-state index >= 15 is 0 Å². The Hall–Kier alpha value is -0.640. The van der Waals surface area contributed by atoms with Gasteiger partial charge in [0.1, 0.15) is 0 Å². The van der Waals surface area contributed by atoms with Crippen LogP contribution in [0.15, 0.2) is 18.3 Å². The van der Waals surface area contributed by atoms with Gasteiger partial charge in [0.05, 0.1) is 0 Å². The third-order valence-corrected chi connectivity index (χ3v) is 3.43. The van der Waals surface area contributed by atoms with Crippen LogP contribution >= 0.6 is 12.4 Å². The summed E-state index contributed by atoms with van der Waals surface area (Å²) in [6, 6.07) is 4.63. The topological polar surface area (TPSA) is 42.1 Å². The van der Waals surface area contributed by atoms with Crippen molar-refractivity contribution in [3.05, 3.63) is 29.6 Å². The number of rotatable bonds is 2. The molecule has 4 heteroatoms. The summed E-state index contributed by atoms with van der Waals surface area (Å²) in [6.45, 7) is 7.48. The largest absolute Gasteiger partial charge is 0.327 e. The fourth-order valence-corrected chi connectivity index (χ4v) is 2.24. The van der Waals surface area contributed by atoms with Crippen LogP contribution in [0.1, 0.15) is 24.6 Å². The van der Waals surface area contributed by atoms with Gasteiger partial charge in [-0.05, 0) is 37.4 Å². The van der Waals surface area contributed by atoms with Gasteiger partial charge >= 0.3 is 0 Å². The molecule has 96 valence electrons. The number of hydrogen-bond donors (Lipinski definition) is 1. The van der Waals surface area contributed by atoms with E-state index in [1.165, 1.54) is 5.56 Å². The second-order valence-electron chi connectivity index (χ2n) is 4.97. The number of halogens is 1. The maximum atomic E-state index is 6.01. The minimum atomic E-state index is 0. The average Bonchev–Trinajstić information content (AvgIpc) is 2.27. The van der Waals surface area contributed by atoms with Crippen molar-refractivity contribution in [1.29, 1.82) is 0 Å². The van der Waals surface area contributed by atoms with Crippen LogP contribution in [-0.2, 0) is 6.54 Å². The van der Waals surface area contributed by atoms with Crippen LogP contribution in [0.2, 0.25) is 0 Å². The lowest BCUT2D eigenvalue weighted by molar-refractivity contribution is 0.157. The van der Waals surface area contributed by atoms with Gasteiger partial charge in [-0.15, -0.1) is 12.4 Å². The zero-order chi connectivity index (χ0) is 11.5. The van der Waals surface area contributed by atoms with Crippen molar-refractivity contribution < 1.29 is 0 Å². The Balaban J connectivity index is 0.00000144. The van der Waals surface area contributed by atoms with Gasteiger partial charge < -0.3 is 5.73 Å². The molecule has 2 N–H and O–H groups in total. The maximum absolute atomic E-state index is 6.01. The monoisotopic (exact) mass is 255 g/mol. The van der Waals surface area contributed by atoms with Crippen LogP contribution in [0.3, 0.4) is 0 Å². The summed E-state index contributed by atoms with van der Waals surface area (Å²) in [5.74, 6) is 0.604. The number of hydrogen-bond acceptors (Lipinski definition) is 3. The summed E-state index contributed by atoms with van der Waals surface area (Å²) in [5, 5.41) is 0. The Morgan fingerprint density at radius 3 is 2.82 bits per heavy atom. The van der Waals surface area contributed by atoms with Gasteiger partial charge in [0.15, 0.2) is 0 Å². The summed E-state index contributed by atoms with van der Waals surface area (Å²) in [7, 11) is 0. The van der Waals surface area contributed by atoms with Crippen LogP contribution in [0.4, 0.5) is 0 Å². The fourth-order valence-electron chi connectivity index (χ4n) is 2.24. The minimum Gasteiger partial charge on any atom is -0.327 e. The van der Waals surface area contributed by atoms with Crippen LogP contribution in [0.25, 0.3) is 0 Å². The number of nitrogens with zero attached hydrogens (tertiary/aromatic N) is 2. The summed E-state index contributed by atoms with van der Waals surface area (Å²) in [4.78, 5) is 6.80. The molecule has 0 bridgehead atoms. The van der Waals surface area contributed by atoms with E-state index in [1.807, 2.05) is 13.1 Å². The number of aryl methyl sites for hydroxylation is 1. The highest BCUT2D eigenvalue weighted by atomic mass is 35.5. The normalized spacial score (nSPS) is 25.4. The highest BCUT2D eigenvalue weighted by molar-refractivity contribution is 5.85. The van der Waals surface area contributed by atoms with Crippen molar-refractivity contribution in [2.24, 2.45) is 11.7 Å². The first-order valence-electron chi connectivity index (χ1n) is 6.04. The van der Waals surface area contributed by atoms with E-state index in [1.54, 1.807) is 0 Å². The van der Waals surface area contributed by atoms with Crippen molar-refractivity contribution in [1.82, 2.24) is 9.88 Å². The molecule has 0 radical (unpaired) electrons. The first kappa shape index (κ1) is 14.4. The first-order valence-corrected chi connectivity index (χ1v) is 6.04. The van der Waals surface area contributed by atoms with Gasteiger partial charge in [0, 0.05) is 31.0 Å². The van der Waals surface area contributed by atoms with E-state index in [-0.39, 0.29) is 12.4 Å². The van der Waals surface area contributed by atoms with Crippen molar-refractivity contribution in [2.45, 2.75) is 32.9 Å². The zero-order valence-corrected chi connectivity index (χ0v) is 11.4. The SMILES string of the molecule is Cc1ccc(CN2CCC(N)C(C)C2)cn1.Cl. The molecular formula is C13H22ClN3. The first-order chi connectivity index (χ1) is 7.65. The molecule has 1 aromatic heterocycles. The lowest BCUT2D eigenvalue weighted by atomic mass is 9.94. The van der Waals surface area contributed by atoms with Crippen molar-refractivity contribution in [2.75, 3.05) is 13.1 Å². The third kappa shape index (κ3) is 3.95. The lowest BCUT2D eigenvalue weighted by Gasteiger charge is -2.35. The molecule has 1 saturated heterocycles. The predicted molar refractivity (Wildman–Crippen MR) is 73.3 cm³/mol.